The lowest BCUT2D eigenvalue weighted by Crippen LogP contribution is -2.43. The Kier molecular flexibility index (Phi) is 7.10. The summed E-state index contributed by atoms with van der Waals surface area (Å²) in [4.78, 5) is 11.1. The Balaban J connectivity index is 2.17. The van der Waals surface area contributed by atoms with Gasteiger partial charge < -0.3 is 15.2 Å². The summed E-state index contributed by atoms with van der Waals surface area (Å²) in [6.45, 7) is 5.57. The van der Waals surface area contributed by atoms with Gasteiger partial charge in [0.05, 0.1) is 12.2 Å². The predicted molar refractivity (Wildman–Crippen MR) is 75.8 cm³/mol. The maximum atomic E-state index is 11.1. The van der Waals surface area contributed by atoms with Crippen LogP contribution in [0, 0.1) is 5.92 Å². The van der Waals surface area contributed by atoms with E-state index >= 15 is 0 Å². The van der Waals surface area contributed by atoms with E-state index in [1.165, 1.54) is 12.5 Å². The molecule has 0 amide bonds. The number of hydrogen-bond donors (Lipinski definition) is 2. The third-order valence-corrected chi connectivity index (χ3v) is 3.87. The summed E-state index contributed by atoms with van der Waals surface area (Å²) < 4.78 is 4.78. The number of esters is 1. The Labute approximate surface area is 116 Å². The monoisotopic (exact) mass is 269 g/mol. The highest BCUT2D eigenvalue weighted by Gasteiger charge is 2.31. The van der Waals surface area contributed by atoms with E-state index in [0.29, 0.717) is 19.7 Å². The van der Waals surface area contributed by atoms with Crippen molar-refractivity contribution in [1.82, 2.24) is 5.32 Å². The van der Waals surface area contributed by atoms with Crippen LogP contribution in [0.25, 0.3) is 0 Å². The number of carbonyl (C=O) groups excluding carboxylic acids is 1. The SMILES string of the molecule is CCOC(=O)/C=C/CNCC1(O)CCC(CC)CC1. The van der Waals surface area contributed by atoms with Crippen LogP contribution in [0.5, 0.6) is 0 Å². The minimum Gasteiger partial charge on any atom is -0.463 e. The first-order valence-corrected chi connectivity index (χ1v) is 7.36. The van der Waals surface area contributed by atoms with E-state index in [9.17, 15) is 9.90 Å². The van der Waals surface area contributed by atoms with E-state index in [-0.39, 0.29) is 5.97 Å². The maximum absolute atomic E-state index is 11.1. The second kappa shape index (κ2) is 8.33. The van der Waals surface area contributed by atoms with Crippen LogP contribution in [0.2, 0.25) is 0 Å². The molecule has 0 aromatic rings. The van der Waals surface area contributed by atoms with Gasteiger partial charge in [0, 0.05) is 19.2 Å². The Morgan fingerprint density at radius 1 is 1.42 bits per heavy atom. The molecule has 0 spiro atoms. The zero-order valence-corrected chi connectivity index (χ0v) is 12.2. The topological polar surface area (TPSA) is 58.6 Å². The fourth-order valence-corrected chi connectivity index (χ4v) is 2.53. The van der Waals surface area contributed by atoms with Crippen LogP contribution < -0.4 is 5.32 Å². The summed E-state index contributed by atoms with van der Waals surface area (Å²) in [7, 11) is 0. The molecular formula is C15H27NO3. The quantitative estimate of drug-likeness (QED) is 0.422. The zero-order valence-electron chi connectivity index (χ0n) is 12.2. The second-order valence-electron chi connectivity index (χ2n) is 5.36. The fourth-order valence-electron chi connectivity index (χ4n) is 2.53. The average Bonchev–Trinajstić information content (AvgIpc) is 2.39. The van der Waals surface area contributed by atoms with Crippen molar-refractivity contribution in [3.05, 3.63) is 12.2 Å². The fraction of sp³-hybridized carbons (Fsp3) is 0.800. The lowest BCUT2D eigenvalue weighted by molar-refractivity contribution is -0.137. The smallest absolute Gasteiger partial charge is 0.330 e. The summed E-state index contributed by atoms with van der Waals surface area (Å²) in [6.07, 6.45) is 8.36. The number of hydrogen-bond acceptors (Lipinski definition) is 4. The summed E-state index contributed by atoms with van der Waals surface area (Å²) >= 11 is 0. The van der Waals surface area contributed by atoms with Gasteiger partial charge in [-0.05, 0) is 38.5 Å². The third kappa shape index (κ3) is 6.21. The predicted octanol–water partition coefficient (Wildman–Crippen LogP) is 2.03. The van der Waals surface area contributed by atoms with E-state index in [0.717, 1.165) is 31.6 Å². The average molecular weight is 269 g/mol. The molecule has 1 aliphatic carbocycles. The Morgan fingerprint density at radius 3 is 2.68 bits per heavy atom. The van der Waals surface area contributed by atoms with Gasteiger partial charge in [-0.25, -0.2) is 4.79 Å². The van der Waals surface area contributed by atoms with Crippen LogP contribution in [0.15, 0.2) is 12.2 Å². The van der Waals surface area contributed by atoms with Crippen LogP contribution >= 0.6 is 0 Å². The zero-order chi connectivity index (χ0) is 14.1. The first-order valence-electron chi connectivity index (χ1n) is 7.36. The molecule has 2 N–H and O–H groups in total. The Morgan fingerprint density at radius 2 is 2.11 bits per heavy atom. The number of ether oxygens (including phenoxy) is 1. The minimum atomic E-state index is -0.566. The van der Waals surface area contributed by atoms with Crippen molar-refractivity contribution in [2.75, 3.05) is 19.7 Å². The number of aliphatic hydroxyl groups is 1. The van der Waals surface area contributed by atoms with Crippen LogP contribution in [-0.4, -0.2) is 36.4 Å². The molecule has 0 atom stereocenters. The van der Waals surface area contributed by atoms with Gasteiger partial charge in [-0.3, -0.25) is 0 Å². The van der Waals surface area contributed by atoms with Crippen molar-refractivity contribution in [2.45, 2.75) is 51.6 Å². The summed E-state index contributed by atoms with van der Waals surface area (Å²) in [6, 6.07) is 0. The third-order valence-electron chi connectivity index (χ3n) is 3.87. The van der Waals surface area contributed by atoms with Gasteiger partial charge >= 0.3 is 5.97 Å². The normalized spacial score (nSPS) is 27.6. The molecule has 0 aromatic carbocycles. The van der Waals surface area contributed by atoms with Crippen LogP contribution in [0.4, 0.5) is 0 Å². The van der Waals surface area contributed by atoms with Crippen molar-refractivity contribution in [1.29, 1.82) is 0 Å². The number of nitrogens with one attached hydrogen (secondary N) is 1. The van der Waals surface area contributed by atoms with Crippen molar-refractivity contribution in [2.24, 2.45) is 5.92 Å². The molecule has 110 valence electrons. The van der Waals surface area contributed by atoms with Gasteiger partial charge in [-0.15, -0.1) is 0 Å². The van der Waals surface area contributed by atoms with Gasteiger partial charge in [-0.1, -0.05) is 19.4 Å². The summed E-state index contributed by atoms with van der Waals surface area (Å²) in [5, 5.41) is 13.6. The van der Waals surface area contributed by atoms with Crippen LogP contribution in [0.3, 0.4) is 0 Å². The molecule has 4 heteroatoms. The summed E-state index contributed by atoms with van der Waals surface area (Å²) in [5.41, 5.74) is -0.566. The van der Waals surface area contributed by atoms with E-state index in [1.807, 2.05) is 0 Å². The largest absolute Gasteiger partial charge is 0.463 e. The molecule has 1 rings (SSSR count). The van der Waals surface area contributed by atoms with Crippen molar-refractivity contribution in [3.8, 4) is 0 Å². The van der Waals surface area contributed by atoms with E-state index in [1.54, 1.807) is 13.0 Å². The molecule has 0 saturated heterocycles. The summed E-state index contributed by atoms with van der Waals surface area (Å²) in [5.74, 6) is 0.468. The highest BCUT2D eigenvalue weighted by molar-refractivity contribution is 5.81. The maximum Gasteiger partial charge on any atom is 0.330 e. The highest BCUT2D eigenvalue weighted by Crippen LogP contribution is 2.33. The molecular weight excluding hydrogens is 242 g/mol. The minimum absolute atomic E-state index is 0.313. The molecule has 19 heavy (non-hydrogen) atoms. The number of rotatable bonds is 7. The molecule has 1 saturated carbocycles. The van der Waals surface area contributed by atoms with Crippen molar-refractivity contribution >= 4 is 5.97 Å². The molecule has 1 fully saturated rings. The molecule has 0 aromatic heterocycles. The van der Waals surface area contributed by atoms with E-state index in [4.69, 9.17) is 4.74 Å². The van der Waals surface area contributed by atoms with Crippen molar-refractivity contribution < 1.29 is 14.6 Å². The van der Waals surface area contributed by atoms with Crippen LogP contribution in [-0.2, 0) is 9.53 Å². The van der Waals surface area contributed by atoms with Gasteiger partial charge in [-0.2, -0.15) is 0 Å². The molecule has 0 heterocycles. The van der Waals surface area contributed by atoms with E-state index < -0.39 is 5.60 Å². The van der Waals surface area contributed by atoms with Gasteiger partial charge in [0.15, 0.2) is 0 Å². The van der Waals surface area contributed by atoms with Crippen molar-refractivity contribution in [3.63, 3.8) is 0 Å². The molecule has 0 radical (unpaired) electrons. The van der Waals surface area contributed by atoms with Gasteiger partial charge in [0.1, 0.15) is 0 Å². The molecule has 0 unspecified atom stereocenters. The second-order valence-corrected chi connectivity index (χ2v) is 5.36. The standard InChI is InChI=1S/C15H27NO3/c1-3-13-7-9-15(18,10-8-13)12-16-11-5-6-14(17)19-4-2/h5-6,13,16,18H,3-4,7-12H2,1-2H3/b6-5+. The molecule has 4 nitrogen and oxygen atoms in total. The lowest BCUT2D eigenvalue weighted by Gasteiger charge is -2.35. The molecule has 0 aliphatic heterocycles. The van der Waals surface area contributed by atoms with E-state index in [2.05, 4.69) is 12.2 Å². The Bertz CT molecular complexity index is 294. The van der Waals surface area contributed by atoms with Crippen LogP contribution in [0.1, 0.15) is 46.0 Å². The van der Waals surface area contributed by atoms with Gasteiger partial charge in [0.2, 0.25) is 0 Å². The molecule has 0 bridgehead atoms. The Hall–Kier alpha value is -0.870. The first kappa shape index (κ1) is 16.2. The lowest BCUT2D eigenvalue weighted by atomic mass is 9.78. The highest BCUT2D eigenvalue weighted by atomic mass is 16.5. The number of carbonyl (C=O) groups is 1. The first-order chi connectivity index (χ1) is 9.09. The molecule has 1 aliphatic rings. The van der Waals surface area contributed by atoms with Gasteiger partial charge in [0.25, 0.3) is 0 Å².